The number of rotatable bonds is 5. The molecule has 0 radical (unpaired) electrons. The summed E-state index contributed by atoms with van der Waals surface area (Å²) in [5.74, 6) is -0.397. The number of benzene rings is 1. The maximum atomic E-state index is 12.3. The van der Waals surface area contributed by atoms with Gasteiger partial charge in [-0.25, -0.2) is 0 Å². The summed E-state index contributed by atoms with van der Waals surface area (Å²) in [6, 6.07) is 10.2. The molecular formula is C16H20N2O3. The van der Waals surface area contributed by atoms with Crippen molar-refractivity contribution < 1.29 is 14.3 Å². The van der Waals surface area contributed by atoms with Gasteiger partial charge in [0, 0.05) is 26.7 Å². The molecule has 0 aliphatic carbocycles. The lowest BCUT2D eigenvalue weighted by Gasteiger charge is -2.20. The van der Waals surface area contributed by atoms with Crippen molar-refractivity contribution in [3.05, 3.63) is 35.9 Å². The first-order valence-electron chi connectivity index (χ1n) is 7.31. The number of fused-ring (bicyclic) bond motifs is 1. The fraction of sp³-hybridized carbons (Fsp3) is 0.500. The number of carbonyl (C=O) groups excluding carboxylic acids is 2. The van der Waals surface area contributed by atoms with Crippen molar-refractivity contribution in [3.8, 4) is 0 Å². The Morgan fingerprint density at radius 2 is 1.71 bits per heavy atom. The molecule has 2 aliphatic rings. The Kier molecular flexibility index (Phi) is 4.03. The van der Waals surface area contributed by atoms with Crippen LogP contribution in [0.1, 0.15) is 5.56 Å². The number of ether oxygens (including phenoxy) is 1. The molecular weight excluding hydrogens is 268 g/mol. The number of carbonyl (C=O) groups is 2. The molecule has 0 bridgehead atoms. The van der Waals surface area contributed by atoms with E-state index in [9.17, 15) is 9.59 Å². The summed E-state index contributed by atoms with van der Waals surface area (Å²) in [5.41, 5.74) is 1.22. The SMILES string of the molecule is COCCN1C(=O)[C@H]2CN(Cc3ccccc3)C[C@H]2C1=O. The molecule has 2 saturated heterocycles. The largest absolute Gasteiger partial charge is 0.383 e. The average molecular weight is 288 g/mol. The van der Waals surface area contributed by atoms with Gasteiger partial charge in [-0.15, -0.1) is 0 Å². The van der Waals surface area contributed by atoms with Crippen LogP contribution in [0, 0.1) is 11.8 Å². The van der Waals surface area contributed by atoms with Crippen LogP contribution in [0.4, 0.5) is 0 Å². The summed E-state index contributed by atoms with van der Waals surface area (Å²) in [6.45, 7) is 2.93. The van der Waals surface area contributed by atoms with Crippen LogP contribution in [-0.2, 0) is 20.9 Å². The Hall–Kier alpha value is -1.72. The van der Waals surface area contributed by atoms with E-state index in [-0.39, 0.29) is 23.7 Å². The van der Waals surface area contributed by atoms with E-state index in [4.69, 9.17) is 4.74 Å². The first kappa shape index (κ1) is 14.2. The third-order valence-electron chi connectivity index (χ3n) is 4.33. The van der Waals surface area contributed by atoms with Gasteiger partial charge in [0.2, 0.25) is 11.8 Å². The standard InChI is InChI=1S/C16H20N2O3/c1-21-8-7-18-15(19)13-10-17(11-14(13)16(18)20)9-12-5-3-2-4-6-12/h2-6,13-14H,7-11H2,1H3/t13-,14+. The second kappa shape index (κ2) is 5.95. The van der Waals surface area contributed by atoms with Gasteiger partial charge in [0.1, 0.15) is 0 Å². The fourth-order valence-corrected chi connectivity index (χ4v) is 3.27. The highest BCUT2D eigenvalue weighted by atomic mass is 16.5. The summed E-state index contributed by atoms with van der Waals surface area (Å²) >= 11 is 0. The van der Waals surface area contributed by atoms with Crippen molar-refractivity contribution in [1.29, 1.82) is 0 Å². The van der Waals surface area contributed by atoms with Gasteiger partial charge in [-0.1, -0.05) is 30.3 Å². The minimum Gasteiger partial charge on any atom is -0.383 e. The Bertz CT molecular complexity index is 508. The number of likely N-dealkylation sites (tertiary alicyclic amines) is 2. The molecule has 3 rings (SSSR count). The van der Waals surface area contributed by atoms with Gasteiger partial charge in [0.05, 0.1) is 25.0 Å². The van der Waals surface area contributed by atoms with E-state index in [1.807, 2.05) is 18.2 Å². The molecule has 2 aliphatic heterocycles. The van der Waals surface area contributed by atoms with Crippen LogP contribution in [0.15, 0.2) is 30.3 Å². The maximum absolute atomic E-state index is 12.3. The molecule has 2 fully saturated rings. The molecule has 0 unspecified atom stereocenters. The number of hydrogen-bond donors (Lipinski definition) is 0. The van der Waals surface area contributed by atoms with Crippen LogP contribution in [0.3, 0.4) is 0 Å². The Morgan fingerprint density at radius 3 is 2.29 bits per heavy atom. The summed E-state index contributed by atoms with van der Waals surface area (Å²) in [5, 5.41) is 0. The third kappa shape index (κ3) is 2.71. The summed E-state index contributed by atoms with van der Waals surface area (Å²) in [6.07, 6.45) is 0. The van der Waals surface area contributed by atoms with Crippen LogP contribution in [0.25, 0.3) is 0 Å². The zero-order chi connectivity index (χ0) is 14.8. The van der Waals surface area contributed by atoms with Gasteiger partial charge in [-0.2, -0.15) is 0 Å². The maximum Gasteiger partial charge on any atom is 0.234 e. The van der Waals surface area contributed by atoms with Crippen LogP contribution in [0.2, 0.25) is 0 Å². The average Bonchev–Trinajstić information content (AvgIpc) is 2.99. The normalized spacial score (nSPS) is 25.7. The van der Waals surface area contributed by atoms with Crippen molar-refractivity contribution in [2.24, 2.45) is 11.8 Å². The highest BCUT2D eigenvalue weighted by Crippen LogP contribution is 2.33. The molecule has 1 aromatic carbocycles. The van der Waals surface area contributed by atoms with Crippen LogP contribution >= 0.6 is 0 Å². The summed E-state index contributed by atoms with van der Waals surface area (Å²) in [7, 11) is 1.58. The Labute approximate surface area is 124 Å². The van der Waals surface area contributed by atoms with Crippen LogP contribution in [-0.4, -0.2) is 55.0 Å². The lowest BCUT2D eigenvalue weighted by atomic mass is 10.00. The van der Waals surface area contributed by atoms with E-state index in [0.29, 0.717) is 26.2 Å². The van der Waals surface area contributed by atoms with E-state index < -0.39 is 0 Å². The number of nitrogens with zero attached hydrogens (tertiary/aromatic N) is 2. The molecule has 2 amide bonds. The van der Waals surface area contributed by atoms with E-state index in [1.165, 1.54) is 10.5 Å². The molecule has 2 atom stereocenters. The highest BCUT2D eigenvalue weighted by Gasteiger charge is 2.51. The topological polar surface area (TPSA) is 49.9 Å². The second-order valence-corrected chi connectivity index (χ2v) is 5.71. The quantitative estimate of drug-likeness (QED) is 0.750. The fourth-order valence-electron chi connectivity index (χ4n) is 3.27. The van der Waals surface area contributed by atoms with Gasteiger partial charge < -0.3 is 4.74 Å². The molecule has 112 valence electrons. The lowest BCUT2D eigenvalue weighted by molar-refractivity contribution is -0.141. The van der Waals surface area contributed by atoms with Crippen molar-refractivity contribution in [2.75, 3.05) is 33.4 Å². The summed E-state index contributed by atoms with van der Waals surface area (Å²) in [4.78, 5) is 28.2. The lowest BCUT2D eigenvalue weighted by Crippen LogP contribution is -2.37. The number of methoxy groups -OCH3 is 1. The van der Waals surface area contributed by atoms with Gasteiger partial charge in [0.15, 0.2) is 0 Å². The minimum atomic E-state index is -0.168. The molecule has 0 saturated carbocycles. The van der Waals surface area contributed by atoms with Gasteiger partial charge in [-0.05, 0) is 5.56 Å². The molecule has 0 N–H and O–H groups in total. The first-order chi connectivity index (χ1) is 10.2. The van der Waals surface area contributed by atoms with Gasteiger partial charge in [-0.3, -0.25) is 19.4 Å². The smallest absolute Gasteiger partial charge is 0.234 e. The van der Waals surface area contributed by atoms with Crippen LogP contribution in [0.5, 0.6) is 0 Å². The highest BCUT2D eigenvalue weighted by molar-refractivity contribution is 6.05. The van der Waals surface area contributed by atoms with E-state index in [0.717, 1.165) is 6.54 Å². The predicted molar refractivity (Wildman–Crippen MR) is 77.3 cm³/mol. The second-order valence-electron chi connectivity index (χ2n) is 5.71. The van der Waals surface area contributed by atoms with Crippen LogP contribution < -0.4 is 0 Å². The van der Waals surface area contributed by atoms with E-state index in [2.05, 4.69) is 17.0 Å². The predicted octanol–water partition coefficient (Wildman–Crippen LogP) is 0.750. The molecule has 0 aromatic heterocycles. The molecule has 21 heavy (non-hydrogen) atoms. The van der Waals surface area contributed by atoms with E-state index >= 15 is 0 Å². The molecule has 2 heterocycles. The number of imide groups is 1. The van der Waals surface area contributed by atoms with Crippen molar-refractivity contribution >= 4 is 11.8 Å². The van der Waals surface area contributed by atoms with Gasteiger partial charge in [0.25, 0.3) is 0 Å². The molecule has 0 spiro atoms. The number of amides is 2. The monoisotopic (exact) mass is 288 g/mol. The minimum absolute atomic E-state index is 0.0300. The zero-order valence-corrected chi connectivity index (χ0v) is 12.2. The van der Waals surface area contributed by atoms with Crippen molar-refractivity contribution in [2.45, 2.75) is 6.54 Å². The van der Waals surface area contributed by atoms with E-state index in [1.54, 1.807) is 7.11 Å². The molecule has 1 aromatic rings. The molecule has 5 heteroatoms. The third-order valence-corrected chi connectivity index (χ3v) is 4.33. The first-order valence-corrected chi connectivity index (χ1v) is 7.31. The summed E-state index contributed by atoms with van der Waals surface area (Å²) < 4.78 is 4.97. The van der Waals surface area contributed by atoms with Crippen molar-refractivity contribution in [3.63, 3.8) is 0 Å². The Morgan fingerprint density at radius 1 is 1.10 bits per heavy atom. The molecule has 5 nitrogen and oxygen atoms in total. The van der Waals surface area contributed by atoms with Gasteiger partial charge >= 0.3 is 0 Å². The Balaban J connectivity index is 1.63. The zero-order valence-electron chi connectivity index (χ0n) is 12.2. The number of hydrogen-bond acceptors (Lipinski definition) is 4. The van der Waals surface area contributed by atoms with Crippen molar-refractivity contribution in [1.82, 2.24) is 9.80 Å².